The molecule has 5 heteroatoms. The second-order valence-corrected chi connectivity index (χ2v) is 7.96. The fourth-order valence-electron chi connectivity index (χ4n) is 2.27. The molecular weight excluding hydrogens is 316 g/mol. The van der Waals surface area contributed by atoms with Crippen LogP contribution in [0.2, 0.25) is 0 Å². The molecule has 1 aromatic rings. The van der Waals surface area contributed by atoms with Gasteiger partial charge in [-0.25, -0.2) is 8.42 Å². The second kappa shape index (κ2) is 4.78. The van der Waals surface area contributed by atoms with Gasteiger partial charge in [-0.05, 0) is 43.5 Å². The van der Waals surface area contributed by atoms with E-state index in [1.807, 2.05) is 26.0 Å². The Morgan fingerprint density at radius 1 is 1.28 bits per heavy atom. The Labute approximate surface area is 116 Å². The number of aryl methyl sites for hydroxylation is 2. The highest BCUT2D eigenvalue weighted by Crippen LogP contribution is 2.27. The van der Waals surface area contributed by atoms with E-state index in [4.69, 9.17) is 0 Å². The molecule has 1 atom stereocenters. The quantitative estimate of drug-likeness (QED) is 0.783. The lowest BCUT2D eigenvalue weighted by molar-refractivity contribution is 0.0932. The molecule has 3 nitrogen and oxygen atoms in total. The topological polar surface area (TPSA) is 51.2 Å². The Bertz CT molecular complexity index is 605. The molecule has 1 aliphatic rings. The Kier molecular flexibility index (Phi) is 3.65. The number of carbonyl (C=O) groups is 1. The van der Waals surface area contributed by atoms with Crippen LogP contribution in [0.4, 0.5) is 0 Å². The number of benzene rings is 1. The fraction of sp³-hybridized carbons (Fsp3) is 0.462. The van der Waals surface area contributed by atoms with Crippen LogP contribution < -0.4 is 0 Å². The molecule has 0 radical (unpaired) electrons. The molecule has 0 aliphatic carbocycles. The van der Waals surface area contributed by atoms with Crippen molar-refractivity contribution < 1.29 is 13.2 Å². The van der Waals surface area contributed by atoms with Crippen molar-refractivity contribution in [2.45, 2.75) is 20.3 Å². The number of hydrogen-bond donors (Lipinski definition) is 0. The van der Waals surface area contributed by atoms with Gasteiger partial charge in [0.15, 0.2) is 15.6 Å². The molecule has 1 aromatic carbocycles. The van der Waals surface area contributed by atoms with Gasteiger partial charge in [-0.1, -0.05) is 15.9 Å². The van der Waals surface area contributed by atoms with Crippen molar-refractivity contribution in [2.75, 3.05) is 11.5 Å². The third-order valence-corrected chi connectivity index (χ3v) is 6.00. The van der Waals surface area contributed by atoms with Crippen molar-refractivity contribution >= 4 is 31.6 Å². The van der Waals surface area contributed by atoms with Crippen LogP contribution in [0.5, 0.6) is 0 Å². The van der Waals surface area contributed by atoms with Crippen LogP contribution in [-0.4, -0.2) is 25.7 Å². The molecule has 18 heavy (non-hydrogen) atoms. The van der Waals surface area contributed by atoms with Crippen molar-refractivity contribution in [3.05, 3.63) is 33.3 Å². The highest BCUT2D eigenvalue weighted by molar-refractivity contribution is 9.10. The largest absolute Gasteiger partial charge is 0.294 e. The number of sulfone groups is 1. The molecule has 0 N–H and O–H groups in total. The van der Waals surface area contributed by atoms with E-state index in [1.165, 1.54) is 0 Å². The number of rotatable bonds is 2. The van der Waals surface area contributed by atoms with Crippen molar-refractivity contribution in [1.82, 2.24) is 0 Å². The zero-order valence-corrected chi connectivity index (χ0v) is 12.8. The summed E-state index contributed by atoms with van der Waals surface area (Å²) in [5.74, 6) is -0.267. The highest BCUT2D eigenvalue weighted by Gasteiger charge is 2.33. The highest BCUT2D eigenvalue weighted by atomic mass is 79.9. The molecule has 0 amide bonds. The van der Waals surface area contributed by atoms with Gasteiger partial charge in [0.05, 0.1) is 11.5 Å². The zero-order valence-electron chi connectivity index (χ0n) is 10.4. The van der Waals surface area contributed by atoms with E-state index in [9.17, 15) is 13.2 Å². The summed E-state index contributed by atoms with van der Waals surface area (Å²) < 4.78 is 23.8. The van der Waals surface area contributed by atoms with Gasteiger partial charge in [0.1, 0.15) is 0 Å². The minimum absolute atomic E-state index is 0.000382. The van der Waals surface area contributed by atoms with Gasteiger partial charge >= 0.3 is 0 Å². The molecule has 0 saturated carbocycles. The second-order valence-electron chi connectivity index (χ2n) is 4.88. The first-order valence-corrected chi connectivity index (χ1v) is 8.43. The van der Waals surface area contributed by atoms with Crippen LogP contribution in [0.3, 0.4) is 0 Å². The molecule has 1 unspecified atom stereocenters. The van der Waals surface area contributed by atoms with Crippen LogP contribution in [0, 0.1) is 19.8 Å². The monoisotopic (exact) mass is 330 g/mol. The molecule has 0 aromatic heterocycles. The van der Waals surface area contributed by atoms with E-state index in [2.05, 4.69) is 15.9 Å². The van der Waals surface area contributed by atoms with Crippen molar-refractivity contribution in [1.29, 1.82) is 0 Å². The Morgan fingerprint density at radius 3 is 2.50 bits per heavy atom. The van der Waals surface area contributed by atoms with Gasteiger partial charge < -0.3 is 0 Å². The first kappa shape index (κ1) is 13.7. The summed E-state index contributed by atoms with van der Waals surface area (Å²) in [7, 11) is -3.01. The molecule has 1 aliphatic heterocycles. The van der Waals surface area contributed by atoms with Crippen LogP contribution in [0.1, 0.15) is 27.9 Å². The van der Waals surface area contributed by atoms with Gasteiger partial charge in [-0.2, -0.15) is 0 Å². The zero-order chi connectivity index (χ0) is 13.5. The van der Waals surface area contributed by atoms with E-state index in [-0.39, 0.29) is 23.2 Å². The van der Waals surface area contributed by atoms with Crippen LogP contribution in [0.15, 0.2) is 16.6 Å². The van der Waals surface area contributed by atoms with Crippen molar-refractivity contribution in [3.8, 4) is 0 Å². The van der Waals surface area contributed by atoms with Crippen LogP contribution in [-0.2, 0) is 9.84 Å². The number of Topliss-reactive ketones (excluding diaryl/α,β-unsaturated/α-hetero) is 1. The number of carbonyl (C=O) groups excluding carboxylic acids is 1. The van der Waals surface area contributed by atoms with Gasteiger partial charge in [-0.15, -0.1) is 0 Å². The third-order valence-electron chi connectivity index (χ3n) is 3.37. The van der Waals surface area contributed by atoms with Crippen molar-refractivity contribution in [2.24, 2.45) is 5.92 Å². The van der Waals surface area contributed by atoms with E-state index < -0.39 is 9.84 Å². The average Bonchev–Trinajstić information content (AvgIpc) is 2.63. The predicted molar refractivity (Wildman–Crippen MR) is 74.7 cm³/mol. The lowest BCUT2D eigenvalue weighted by Crippen LogP contribution is -2.17. The maximum atomic E-state index is 12.3. The molecular formula is C13H15BrO3S. The van der Waals surface area contributed by atoms with E-state index >= 15 is 0 Å². The number of ketones is 1. The average molecular weight is 331 g/mol. The smallest absolute Gasteiger partial charge is 0.167 e. The summed E-state index contributed by atoms with van der Waals surface area (Å²) in [6, 6.07) is 3.75. The summed E-state index contributed by atoms with van der Waals surface area (Å²) >= 11 is 3.42. The molecule has 1 heterocycles. The van der Waals surface area contributed by atoms with E-state index in [0.717, 1.165) is 15.6 Å². The maximum Gasteiger partial charge on any atom is 0.167 e. The van der Waals surface area contributed by atoms with E-state index in [0.29, 0.717) is 12.0 Å². The third kappa shape index (κ3) is 2.67. The lowest BCUT2D eigenvalue weighted by Gasteiger charge is -2.11. The van der Waals surface area contributed by atoms with Crippen LogP contribution in [0.25, 0.3) is 0 Å². The number of halogens is 1. The maximum absolute atomic E-state index is 12.3. The standard InChI is InChI=1S/C13H15BrO3S/c1-8-6-12(14)9(2)5-11(8)13(15)10-3-4-18(16,17)7-10/h5-6,10H,3-4,7H2,1-2H3. The molecule has 2 rings (SSSR count). The van der Waals surface area contributed by atoms with E-state index in [1.54, 1.807) is 0 Å². The molecule has 0 bridgehead atoms. The summed E-state index contributed by atoms with van der Waals surface area (Å²) in [6.45, 7) is 3.80. The van der Waals surface area contributed by atoms with Gasteiger partial charge in [-0.3, -0.25) is 4.79 Å². The predicted octanol–water partition coefficient (Wildman–Crippen LogP) is 2.68. The Balaban J connectivity index is 2.33. The van der Waals surface area contributed by atoms with Crippen molar-refractivity contribution in [3.63, 3.8) is 0 Å². The summed E-state index contributed by atoms with van der Waals surface area (Å²) in [5, 5.41) is 0. The Morgan fingerprint density at radius 2 is 1.94 bits per heavy atom. The SMILES string of the molecule is Cc1cc(C(=O)C2CCS(=O)(=O)C2)c(C)cc1Br. The number of hydrogen-bond acceptors (Lipinski definition) is 3. The molecule has 1 saturated heterocycles. The summed E-state index contributed by atoms with van der Waals surface area (Å²) in [4.78, 5) is 12.3. The lowest BCUT2D eigenvalue weighted by atomic mass is 9.93. The minimum Gasteiger partial charge on any atom is -0.294 e. The van der Waals surface area contributed by atoms with Gasteiger partial charge in [0.25, 0.3) is 0 Å². The van der Waals surface area contributed by atoms with Gasteiger partial charge in [0, 0.05) is 16.0 Å². The Hall–Kier alpha value is -0.680. The van der Waals surface area contributed by atoms with Crippen LogP contribution >= 0.6 is 15.9 Å². The summed E-state index contributed by atoms with van der Waals surface area (Å²) in [6.07, 6.45) is 0.454. The minimum atomic E-state index is -3.01. The normalized spacial score (nSPS) is 22.1. The fourth-order valence-corrected chi connectivity index (χ4v) is 4.47. The molecule has 0 spiro atoms. The first-order valence-electron chi connectivity index (χ1n) is 5.81. The summed E-state index contributed by atoms with van der Waals surface area (Å²) in [5.41, 5.74) is 2.53. The molecule has 98 valence electrons. The first-order chi connectivity index (χ1) is 8.30. The van der Waals surface area contributed by atoms with Gasteiger partial charge in [0.2, 0.25) is 0 Å². The molecule has 1 fully saturated rings.